The highest BCUT2D eigenvalue weighted by Gasteiger charge is 2.21. The second kappa shape index (κ2) is 7.39. The minimum Gasteiger partial charge on any atom is -0.383 e. The molecule has 0 saturated heterocycles. The first-order chi connectivity index (χ1) is 9.44. The molecule has 110 valence electrons. The Hall–Kier alpha value is -1.42. The lowest BCUT2D eigenvalue weighted by molar-refractivity contribution is 0.171. The van der Waals surface area contributed by atoms with Gasteiger partial charge in [-0.25, -0.2) is 13.1 Å². The lowest BCUT2D eigenvalue weighted by atomic mass is 10.2. The first-order valence-electron chi connectivity index (χ1n) is 6.46. The molecule has 1 N–H and O–H groups in total. The quantitative estimate of drug-likeness (QED) is 0.834. The third-order valence-corrected chi connectivity index (χ3v) is 4.60. The van der Waals surface area contributed by atoms with E-state index >= 15 is 0 Å². The van der Waals surface area contributed by atoms with Gasteiger partial charge in [0.15, 0.2) is 0 Å². The van der Waals surface area contributed by atoms with Crippen molar-refractivity contribution in [3.8, 4) is 6.07 Å². The molecule has 1 aromatic rings. The van der Waals surface area contributed by atoms with Crippen molar-refractivity contribution in [2.75, 3.05) is 13.7 Å². The standard InChI is InChI=1S/C14H20N2O3S/c1-4-5-13(10-19-3)16-20(17,18)14-7-6-12(9-15)8-11(14)2/h6-8,13,16H,4-5,10H2,1-3H3. The molecule has 1 aromatic carbocycles. The van der Waals surface area contributed by atoms with E-state index in [0.717, 1.165) is 6.42 Å². The van der Waals surface area contributed by atoms with Crippen LogP contribution in [0.1, 0.15) is 30.9 Å². The molecule has 0 aliphatic heterocycles. The van der Waals surface area contributed by atoms with Crippen LogP contribution >= 0.6 is 0 Å². The van der Waals surface area contributed by atoms with E-state index in [1.54, 1.807) is 20.1 Å². The summed E-state index contributed by atoms with van der Waals surface area (Å²) in [6.45, 7) is 4.01. The molecule has 0 heterocycles. The van der Waals surface area contributed by atoms with Gasteiger partial charge in [-0.2, -0.15) is 5.26 Å². The first kappa shape index (κ1) is 16.6. The maximum atomic E-state index is 12.4. The van der Waals surface area contributed by atoms with E-state index in [1.165, 1.54) is 12.1 Å². The maximum Gasteiger partial charge on any atom is 0.241 e. The van der Waals surface area contributed by atoms with Gasteiger partial charge in [0.25, 0.3) is 0 Å². The summed E-state index contributed by atoms with van der Waals surface area (Å²) in [5.74, 6) is 0. The van der Waals surface area contributed by atoms with Gasteiger partial charge in [-0.05, 0) is 37.1 Å². The maximum absolute atomic E-state index is 12.4. The first-order valence-corrected chi connectivity index (χ1v) is 7.95. The minimum absolute atomic E-state index is 0.203. The second-order valence-electron chi connectivity index (χ2n) is 4.65. The molecule has 1 unspecified atom stereocenters. The number of rotatable bonds is 7. The van der Waals surface area contributed by atoms with E-state index in [4.69, 9.17) is 10.00 Å². The number of ether oxygens (including phenoxy) is 1. The number of benzene rings is 1. The van der Waals surface area contributed by atoms with Crippen LogP contribution in [0.4, 0.5) is 0 Å². The summed E-state index contributed by atoms with van der Waals surface area (Å²) < 4.78 is 32.4. The van der Waals surface area contributed by atoms with Crippen LogP contribution in [0.15, 0.2) is 23.1 Å². The van der Waals surface area contributed by atoms with Crippen LogP contribution < -0.4 is 4.72 Å². The second-order valence-corrected chi connectivity index (χ2v) is 6.34. The molecule has 0 aliphatic rings. The van der Waals surface area contributed by atoms with Gasteiger partial charge in [0.2, 0.25) is 10.0 Å². The highest BCUT2D eigenvalue weighted by atomic mass is 32.2. The molecule has 5 nitrogen and oxygen atoms in total. The SMILES string of the molecule is CCCC(COC)NS(=O)(=O)c1ccc(C#N)cc1C. The molecule has 1 atom stereocenters. The van der Waals surface area contributed by atoms with Crippen molar-refractivity contribution in [3.05, 3.63) is 29.3 Å². The third kappa shape index (κ3) is 4.30. The summed E-state index contributed by atoms with van der Waals surface area (Å²) in [5.41, 5.74) is 1.01. The van der Waals surface area contributed by atoms with Gasteiger partial charge in [0.1, 0.15) is 0 Å². The molecule has 0 spiro atoms. The van der Waals surface area contributed by atoms with E-state index in [-0.39, 0.29) is 10.9 Å². The Balaban J connectivity index is 3.01. The Morgan fingerprint density at radius 3 is 2.65 bits per heavy atom. The third-order valence-electron chi connectivity index (χ3n) is 2.92. The van der Waals surface area contributed by atoms with Crippen LogP contribution in [-0.4, -0.2) is 28.2 Å². The fourth-order valence-electron chi connectivity index (χ4n) is 2.03. The molecule has 0 saturated carbocycles. The Morgan fingerprint density at radius 1 is 1.45 bits per heavy atom. The molecule has 6 heteroatoms. The molecule has 0 bridgehead atoms. The van der Waals surface area contributed by atoms with Crippen LogP contribution in [0.5, 0.6) is 0 Å². The molecular formula is C14H20N2O3S. The molecule has 0 amide bonds. The molecule has 20 heavy (non-hydrogen) atoms. The summed E-state index contributed by atoms with van der Waals surface area (Å²) in [6.07, 6.45) is 1.57. The van der Waals surface area contributed by atoms with Gasteiger partial charge < -0.3 is 4.74 Å². The van der Waals surface area contributed by atoms with Crippen LogP contribution in [0.25, 0.3) is 0 Å². The predicted molar refractivity (Wildman–Crippen MR) is 76.8 cm³/mol. The van der Waals surface area contributed by atoms with Crippen molar-refractivity contribution in [2.45, 2.75) is 37.6 Å². The summed E-state index contributed by atoms with van der Waals surface area (Å²) >= 11 is 0. The Bertz CT molecular complexity index is 585. The summed E-state index contributed by atoms with van der Waals surface area (Å²) in [5, 5.41) is 8.81. The van der Waals surface area contributed by atoms with Crippen molar-refractivity contribution < 1.29 is 13.2 Å². The number of sulfonamides is 1. The van der Waals surface area contributed by atoms with Gasteiger partial charge in [0, 0.05) is 13.2 Å². The summed E-state index contributed by atoms with van der Waals surface area (Å²) in [7, 11) is -2.05. The summed E-state index contributed by atoms with van der Waals surface area (Å²) in [6, 6.07) is 6.29. The highest BCUT2D eigenvalue weighted by Crippen LogP contribution is 2.17. The smallest absolute Gasteiger partial charge is 0.241 e. The van der Waals surface area contributed by atoms with Crippen LogP contribution in [0.3, 0.4) is 0 Å². The van der Waals surface area contributed by atoms with Crippen LogP contribution in [-0.2, 0) is 14.8 Å². The van der Waals surface area contributed by atoms with Gasteiger partial charge in [-0.1, -0.05) is 13.3 Å². The zero-order valence-corrected chi connectivity index (χ0v) is 12.8. The number of nitrogens with one attached hydrogen (secondary N) is 1. The normalized spacial score (nSPS) is 12.9. The Morgan fingerprint density at radius 2 is 2.15 bits per heavy atom. The molecule has 1 rings (SSSR count). The van der Waals surface area contributed by atoms with E-state index in [0.29, 0.717) is 24.2 Å². The molecule has 0 aliphatic carbocycles. The Kier molecular flexibility index (Phi) is 6.14. The summed E-state index contributed by atoms with van der Waals surface area (Å²) in [4.78, 5) is 0.203. The molecule has 0 fully saturated rings. The topological polar surface area (TPSA) is 79.2 Å². The van der Waals surface area contributed by atoms with Crippen molar-refractivity contribution in [1.82, 2.24) is 4.72 Å². The average molecular weight is 296 g/mol. The van der Waals surface area contributed by atoms with Crippen molar-refractivity contribution >= 4 is 10.0 Å². The number of nitrogens with zero attached hydrogens (tertiary/aromatic N) is 1. The van der Waals surface area contributed by atoms with Crippen molar-refractivity contribution in [3.63, 3.8) is 0 Å². The number of hydrogen-bond donors (Lipinski definition) is 1. The fraction of sp³-hybridized carbons (Fsp3) is 0.500. The number of aryl methyl sites for hydroxylation is 1. The van der Waals surface area contributed by atoms with Gasteiger partial charge >= 0.3 is 0 Å². The largest absolute Gasteiger partial charge is 0.383 e. The number of hydrogen-bond acceptors (Lipinski definition) is 4. The zero-order valence-electron chi connectivity index (χ0n) is 12.0. The zero-order chi connectivity index (χ0) is 15.2. The Labute approximate surface area is 120 Å². The number of nitriles is 1. The molecule has 0 aromatic heterocycles. The van der Waals surface area contributed by atoms with Gasteiger partial charge in [-0.3, -0.25) is 0 Å². The van der Waals surface area contributed by atoms with E-state index in [1.807, 2.05) is 13.0 Å². The van der Waals surface area contributed by atoms with Crippen molar-refractivity contribution in [1.29, 1.82) is 5.26 Å². The average Bonchev–Trinajstić information content (AvgIpc) is 2.38. The van der Waals surface area contributed by atoms with E-state index < -0.39 is 10.0 Å². The fourth-order valence-corrected chi connectivity index (χ4v) is 3.51. The van der Waals surface area contributed by atoms with Crippen LogP contribution in [0.2, 0.25) is 0 Å². The van der Waals surface area contributed by atoms with E-state index in [2.05, 4.69) is 4.72 Å². The van der Waals surface area contributed by atoms with Gasteiger partial charge in [0.05, 0.1) is 23.1 Å². The molecule has 0 radical (unpaired) electrons. The number of methoxy groups -OCH3 is 1. The predicted octanol–water partition coefficient (Wildman–Crippen LogP) is 1.96. The van der Waals surface area contributed by atoms with E-state index in [9.17, 15) is 8.42 Å². The van der Waals surface area contributed by atoms with Gasteiger partial charge in [-0.15, -0.1) is 0 Å². The highest BCUT2D eigenvalue weighted by molar-refractivity contribution is 7.89. The van der Waals surface area contributed by atoms with Crippen LogP contribution in [0, 0.1) is 18.3 Å². The molecular weight excluding hydrogens is 276 g/mol. The lowest BCUT2D eigenvalue weighted by Crippen LogP contribution is -2.38. The minimum atomic E-state index is -3.60. The monoisotopic (exact) mass is 296 g/mol. The lowest BCUT2D eigenvalue weighted by Gasteiger charge is -2.18. The van der Waals surface area contributed by atoms with Crippen molar-refractivity contribution in [2.24, 2.45) is 0 Å².